The average Bonchev–Trinajstić information content (AvgIpc) is 3.31. The van der Waals surface area contributed by atoms with Crippen molar-refractivity contribution in [2.45, 2.75) is 32.7 Å². The minimum atomic E-state index is 0. The molecule has 1 aromatic carbocycles. The fourth-order valence-electron chi connectivity index (χ4n) is 2.62. The smallest absolute Gasteiger partial charge is 0.228 e. The zero-order valence-corrected chi connectivity index (χ0v) is 14.2. The first kappa shape index (κ1) is 17.4. The molecule has 0 saturated heterocycles. The molecule has 1 aliphatic carbocycles. The van der Waals surface area contributed by atoms with E-state index in [1.165, 1.54) is 5.56 Å². The van der Waals surface area contributed by atoms with Crippen molar-refractivity contribution in [3.05, 3.63) is 47.7 Å². The highest BCUT2D eigenvalue weighted by Gasteiger charge is 2.29. The number of anilines is 1. The second-order valence-corrected chi connectivity index (χ2v) is 6.05. The maximum atomic E-state index is 11.8. The van der Waals surface area contributed by atoms with Gasteiger partial charge in [-0.05, 0) is 61.1 Å². The van der Waals surface area contributed by atoms with Gasteiger partial charge in [0.05, 0.1) is 0 Å². The van der Waals surface area contributed by atoms with E-state index in [0.717, 1.165) is 29.5 Å². The molecule has 1 amide bonds. The van der Waals surface area contributed by atoms with Gasteiger partial charge in [-0.3, -0.25) is 4.79 Å². The molecule has 1 heterocycles. The van der Waals surface area contributed by atoms with Gasteiger partial charge in [0.1, 0.15) is 5.82 Å². The Labute approximate surface area is 142 Å². The van der Waals surface area contributed by atoms with Gasteiger partial charge in [-0.2, -0.15) is 0 Å². The van der Waals surface area contributed by atoms with Crippen LogP contribution in [0.5, 0.6) is 0 Å². The summed E-state index contributed by atoms with van der Waals surface area (Å²) in [5, 5.41) is 2.89. The number of aromatic nitrogens is 1. The summed E-state index contributed by atoms with van der Waals surface area (Å²) in [5.41, 5.74) is 10.4. The summed E-state index contributed by atoms with van der Waals surface area (Å²) in [5.74, 6) is 0.870. The minimum absolute atomic E-state index is 0. The Kier molecular flexibility index (Phi) is 5.39. The number of pyridine rings is 1. The molecule has 1 saturated carbocycles. The molecule has 3 rings (SSSR count). The van der Waals surface area contributed by atoms with Crippen molar-refractivity contribution in [2.75, 3.05) is 5.32 Å². The van der Waals surface area contributed by atoms with Crippen molar-refractivity contribution in [1.29, 1.82) is 0 Å². The van der Waals surface area contributed by atoms with Gasteiger partial charge in [0.2, 0.25) is 5.91 Å². The Morgan fingerprint density at radius 2 is 1.96 bits per heavy atom. The SMILES string of the molecule is Cc1cc(-c2ccnc(NC(=O)C3CC3)c2)ccc1[C@@H](C)N.Cl. The summed E-state index contributed by atoms with van der Waals surface area (Å²) in [6, 6.07) is 10.2. The molecule has 5 heteroatoms. The summed E-state index contributed by atoms with van der Waals surface area (Å²) in [7, 11) is 0. The van der Waals surface area contributed by atoms with E-state index >= 15 is 0 Å². The molecular weight excluding hydrogens is 310 g/mol. The van der Waals surface area contributed by atoms with Crippen LogP contribution in [0.3, 0.4) is 0 Å². The Balaban J connectivity index is 0.00000192. The number of nitrogens with two attached hydrogens (primary N) is 1. The van der Waals surface area contributed by atoms with Crippen LogP contribution in [0.15, 0.2) is 36.5 Å². The predicted molar refractivity (Wildman–Crippen MR) is 95.6 cm³/mol. The lowest BCUT2D eigenvalue weighted by Gasteiger charge is -2.12. The number of aryl methyl sites for hydroxylation is 1. The number of hydrogen-bond donors (Lipinski definition) is 2. The average molecular weight is 332 g/mol. The van der Waals surface area contributed by atoms with Gasteiger partial charge >= 0.3 is 0 Å². The highest BCUT2D eigenvalue weighted by molar-refractivity contribution is 5.93. The van der Waals surface area contributed by atoms with Crippen LogP contribution in [0, 0.1) is 12.8 Å². The molecule has 1 aliphatic rings. The third kappa shape index (κ3) is 4.09. The van der Waals surface area contributed by atoms with Gasteiger partial charge in [-0.15, -0.1) is 12.4 Å². The minimum Gasteiger partial charge on any atom is -0.324 e. The lowest BCUT2D eigenvalue weighted by atomic mass is 9.97. The third-order valence-corrected chi connectivity index (χ3v) is 4.05. The Hall–Kier alpha value is -1.91. The summed E-state index contributed by atoms with van der Waals surface area (Å²) >= 11 is 0. The summed E-state index contributed by atoms with van der Waals surface area (Å²) in [6.07, 6.45) is 3.71. The van der Waals surface area contributed by atoms with Gasteiger partial charge in [0, 0.05) is 18.2 Å². The first-order valence-corrected chi connectivity index (χ1v) is 7.68. The van der Waals surface area contributed by atoms with Crippen molar-refractivity contribution < 1.29 is 4.79 Å². The fraction of sp³-hybridized carbons (Fsp3) is 0.333. The van der Waals surface area contributed by atoms with Crippen molar-refractivity contribution in [2.24, 2.45) is 11.7 Å². The van der Waals surface area contributed by atoms with Crippen LogP contribution in [0.25, 0.3) is 11.1 Å². The molecule has 0 unspecified atom stereocenters. The molecule has 1 atom stereocenters. The lowest BCUT2D eigenvalue weighted by molar-refractivity contribution is -0.117. The molecule has 0 radical (unpaired) electrons. The Morgan fingerprint density at radius 1 is 1.26 bits per heavy atom. The van der Waals surface area contributed by atoms with E-state index in [4.69, 9.17) is 5.73 Å². The van der Waals surface area contributed by atoms with Crippen LogP contribution >= 0.6 is 12.4 Å². The van der Waals surface area contributed by atoms with E-state index in [1.54, 1.807) is 6.20 Å². The Bertz CT molecular complexity index is 711. The number of carbonyl (C=O) groups is 1. The maximum absolute atomic E-state index is 11.8. The first-order chi connectivity index (χ1) is 10.5. The van der Waals surface area contributed by atoms with Gasteiger partial charge in [0.15, 0.2) is 0 Å². The molecule has 1 aromatic heterocycles. The first-order valence-electron chi connectivity index (χ1n) is 7.68. The van der Waals surface area contributed by atoms with Crippen LogP contribution in [0.1, 0.15) is 36.9 Å². The molecule has 122 valence electrons. The van der Waals surface area contributed by atoms with Crippen LogP contribution < -0.4 is 11.1 Å². The molecular formula is C18H22ClN3O. The molecule has 0 aliphatic heterocycles. The number of nitrogens with zero attached hydrogens (tertiary/aromatic N) is 1. The Morgan fingerprint density at radius 3 is 2.57 bits per heavy atom. The second-order valence-electron chi connectivity index (χ2n) is 6.05. The highest BCUT2D eigenvalue weighted by Crippen LogP contribution is 2.30. The standard InChI is InChI=1S/C18H21N3O.ClH/c1-11-9-14(5-6-16(11)12(2)19)15-7-8-20-17(10-15)21-18(22)13-3-4-13;/h5-10,12-13H,3-4,19H2,1-2H3,(H,20,21,22);1H/t12-;/m1./s1. The maximum Gasteiger partial charge on any atom is 0.228 e. The predicted octanol–water partition coefficient (Wildman–Crippen LogP) is 3.85. The topological polar surface area (TPSA) is 68.0 Å². The van der Waals surface area contributed by atoms with Crippen molar-refractivity contribution in [1.82, 2.24) is 4.98 Å². The largest absolute Gasteiger partial charge is 0.324 e. The number of rotatable bonds is 4. The zero-order valence-electron chi connectivity index (χ0n) is 13.4. The van der Waals surface area contributed by atoms with E-state index < -0.39 is 0 Å². The highest BCUT2D eigenvalue weighted by atomic mass is 35.5. The van der Waals surface area contributed by atoms with Gasteiger partial charge < -0.3 is 11.1 Å². The lowest BCUT2D eigenvalue weighted by Crippen LogP contribution is -2.14. The fourth-order valence-corrected chi connectivity index (χ4v) is 2.62. The van der Waals surface area contributed by atoms with Crippen LogP contribution in [-0.2, 0) is 4.79 Å². The third-order valence-electron chi connectivity index (χ3n) is 4.05. The van der Waals surface area contributed by atoms with Crippen molar-refractivity contribution in [3.8, 4) is 11.1 Å². The van der Waals surface area contributed by atoms with Crippen LogP contribution in [0.4, 0.5) is 5.82 Å². The van der Waals surface area contributed by atoms with E-state index in [2.05, 4.69) is 35.4 Å². The number of nitrogens with one attached hydrogen (secondary N) is 1. The number of amides is 1. The number of benzene rings is 1. The van der Waals surface area contributed by atoms with E-state index in [-0.39, 0.29) is 30.3 Å². The number of halogens is 1. The molecule has 3 N–H and O–H groups in total. The molecule has 23 heavy (non-hydrogen) atoms. The van der Waals surface area contributed by atoms with E-state index in [0.29, 0.717) is 5.82 Å². The van der Waals surface area contributed by atoms with Crippen molar-refractivity contribution >= 4 is 24.1 Å². The quantitative estimate of drug-likeness (QED) is 0.894. The monoisotopic (exact) mass is 331 g/mol. The van der Waals surface area contributed by atoms with Crippen LogP contribution in [-0.4, -0.2) is 10.9 Å². The van der Waals surface area contributed by atoms with Crippen LogP contribution in [0.2, 0.25) is 0 Å². The van der Waals surface area contributed by atoms with Gasteiger partial charge in [-0.1, -0.05) is 18.2 Å². The summed E-state index contributed by atoms with van der Waals surface area (Å²) in [4.78, 5) is 16.1. The molecule has 1 fully saturated rings. The molecule has 2 aromatic rings. The summed E-state index contributed by atoms with van der Waals surface area (Å²) in [6.45, 7) is 4.05. The normalized spacial score (nSPS) is 14.7. The van der Waals surface area contributed by atoms with Crippen molar-refractivity contribution in [3.63, 3.8) is 0 Å². The van der Waals surface area contributed by atoms with Gasteiger partial charge in [-0.25, -0.2) is 4.98 Å². The number of hydrogen-bond acceptors (Lipinski definition) is 3. The molecule has 0 bridgehead atoms. The molecule has 4 nitrogen and oxygen atoms in total. The summed E-state index contributed by atoms with van der Waals surface area (Å²) < 4.78 is 0. The van der Waals surface area contributed by atoms with E-state index in [9.17, 15) is 4.79 Å². The second kappa shape index (κ2) is 7.11. The van der Waals surface area contributed by atoms with Gasteiger partial charge in [0.25, 0.3) is 0 Å². The van der Waals surface area contributed by atoms with E-state index in [1.807, 2.05) is 19.1 Å². The zero-order chi connectivity index (χ0) is 15.7. The number of carbonyl (C=O) groups excluding carboxylic acids is 1. The molecule has 0 spiro atoms.